The maximum atomic E-state index is 14.2. The lowest BCUT2D eigenvalue weighted by Crippen LogP contribution is -2.46. The first kappa shape index (κ1) is 26.4. The first-order valence-corrected chi connectivity index (χ1v) is 12.9. The van der Waals surface area contributed by atoms with Crippen LogP contribution >= 0.6 is 0 Å². The number of rotatable bonds is 6. The normalized spacial score (nSPS) is 25.7. The van der Waals surface area contributed by atoms with Crippen LogP contribution in [0.2, 0.25) is 0 Å². The molecule has 0 radical (unpaired) electrons. The molecule has 36 heavy (non-hydrogen) atoms. The molecule has 196 valence electrons. The molecular formula is C23H25F5N4O3S. The second-order valence-electron chi connectivity index (χ2n) is 9.02. The van der Waals surface area contributed by atoms with Crippen molar-refractivity contribution in [1.82, 2.24) is 19.6 Å². The number of aromatic nitrogens is 2. The Labute approximate surface area is 205 Å². The molecule has 0 bridgehead atoms. The fourth-order valence-electron chi connectivity index (χ4n) is 4.55. The highest BCUT2D eigenvalue weighted by Gasteiger charge is 2.45. The van der Waals surface area contributed by atoms with Crippen LogP contribution in [0.3, 0.4) is 0 Å². The molecular weight excluding hydrogens is 507 g/mol. The zero-order valence-corrected chi connectivity index (χ0v) is 20.0. The number of hydrogen-bond donors (Lipinski definition) is 1. The fraction of sp³-hybridized carbons (Fsp3) is 0.522. The van der Waals surface area contributed by atoms with E-state index < -0.39 is 52.6 Å². The molecule has 1 N–H and O–H groups in total. The Morgan fingerprint density at radius 3 is 2.58 bits per heavy atom. The fourth-order valence-corrected chi connectivity index (χ4v) is 6.32. The van der Waals surface area contributed by atoms with Crippen LogP contribution in [0.25, 0.3) is 5.57 Å². The molecule has 2 aliphatic carbocycles. The van der Waals surface area contributed by atoms with Crippen LogP contribution in [0, 0.1) is 5.92 Å². The monoisotopic (exact) mass is 532 g/mol. The Bertz CT molecular complexity index is 1210. The minimum Gasteiger partial charge on any atom is -0.349 e. The van der Waals surface area contributed by atoms with Crippen LogP contribution in [-0.4, -0.2) is 53.5 Å². The summed E-state index contributed by atoms with van der Waals surface area (Å²) in [5, 5.41) is 2.57. The van der Waals surface area contributed by atoms with E-state index in [-0.39, 0.29) is 50.0 Å². The van der Waals surface area contributed by atoms with Crippen molar-refractivity contribution in [2.45, 2.75) is 63.5 Å². The number of hydrogen-bond acceptors (Lipinski definition) is 5. The minimum atomic E-state index is -4.25. The number of carbonyl (C=O) groups excluding carboxylic acids is 1. The maximum absolute atomic E-state index is 14.2. The summed E-state index contributed by atoms with van der Waals surface area (Å²) in [6.45, 7) is -0.584. The van der Waals surface area contributed by atoms with Gasteiger partial charge in [0.2, 0.25) is 15.9 Å². The van der Waals surface area contributed by atoms with Crippen molar-refractivity contribution in [2.24, 2.45) is 5.92 Å². The highest BCUT2D eigenvalue weighted by Crippen LogP contribution is 2.39. The van der Waals surface area contributed by atoms with Gasteiger partial charge in [-0.15, -0.1) is 0 Å². The average Bonchev–Trinajstić information content (AvgIpc) is 3.25. The van der Waals surface area contributed by atoms with Gasteiger partial charge in [0.1, 0.15) is 24.4 Å². The summed E-state index contributed by atoms with van der Waals surface area (Å²) >= 11 is 0. The van der Waals surface area contributed by atoms with Gasteiger partial charge in [0, 0.05) is 19.4 Å². The predicted molar refractivity (Wildman–Crippen MR) is 121 cm³/mol. The van der Waals surface area contributed by atoms with Gasteiger partial charge in [0.05, 0.1) is 28.8 Å². The topological polar surface area (TPSA) is 92.3 Å². The Balaban J connectivity index is 1.42. The standard InChI is InChI=1S/C23H25F5N4O3S/c24-16-5-7-19(8-6-16)36(34,35)32-12-17(25)9-21(32)22(33)29-11-18-10-20(31-13-30-18)14-1-3-15(4-2-14)23(26,27)28/h1,5,7,10,13,15,17,21H,2-4,6,8-9,11-12H2,(H,29,33)/t15?,17-,21+/m1/s1. The van der Waals surface area contributed by atoms with Crippen molar-refractivity contribution >= 4 is 21.5 Å². The summed E-state index contributed by atoms with van der Waals surface area (Å²) in [6.07, 6.45) is -1.30. The lowest BCUT2D eigenvalue weighted by molar-refractivity contribution is -0.175. The van der Waals surface area contributed by atoms with Crippen LogP contribution in [0.15, 0.2) is 41.4 Å². The molecule has 0 saturated carbocycles. The van der Waals surface area contributed by atoms with Gasteiger partial charge in [-0.1, -0.05) is 6.08 Å². The molecule has 3 atom stereocenters. The number of nitrogens with one attached hydrogen (secondary N) is 1. The summed E-state index contributed by atoms with van der Waals surface area (Å²) in [7, 11) is -4.16. The van der Waals surface area contributed by atoms with E-state index in [9.17, 15) is 35.2 Å². The number of alkyl halides is 4. The summed E-state index contributed by atoms with van der Waals surface area (Å²) in [5.74, 6) is -2.55. The highest BCUT2D eigenvalue weighted by molar-refractivity contribution is 7.93. The molecule has 1 fully saturated rings. The summed E-state index contributed by atoms with van der Waals surface area (Å²) in [5.41, 5.74) is 1.48. The smallest absolute Gasteiger partial charge is 0.349 e. The van der Waals surface area contributed by atoms with Crippen molar-refractivity contribution in [3.8, 4) is 0 Å². The summed E-state index contributed by atoms with van der Waals surface area (Å²) in [4.78, 5) is 20.9. The number of allylic oxidation sites excluding steroid dienone is 6. The molecule has 13 heteroatoms. The molecule has 1 unspecified atom stereocenters. The highest BCUT2D eigenvalue weighted by atomic mass is 32.2. The second-order valence-corrected chi connectivity index (χ2v) is 11.0. The van der Waals surface area contributed by atoms with Crippen molar-refractivity contribution in [1.29, 1.82) is 0 Å². The van der Waals surface area contributed by atoms with E-state index in [2.05, 4.69) is 15.3 Å². The second kappa shape index (κ2) is 10.4. The maximum Gasteiger partial charge on any atom is 0.392 e. The van der Waals surface area contributed by atoms with Gasteiger partial charge < -0.3 is 5.32 Å². The van der Waals surface area contributed by atoms with Gasteiger partial charge >= 0.3 is 6.18 Å². The van der Waals surface area contributed by atoms with Gasteiger partial charge in [-0.3, -0.25) is 4.79 Å². The van der Waals surface area contributed by atoms with E-state index in [1.54, 1.807) is 6.07 Å². The van der Waals surface area contributed by atoms with Crippen LogP contribution in [0.5, 0.6) is 0 Å². The summed E-state index contributed by atoms with van der Waals surface area (Å²) < 4.78 is 93.0. The largest absolute Gasteiger partial charge is 0.392 e. The molecule has 1 saturated heterocycles. The lowest BCUT2D eigenvalue weighted by Gasteiger charge is -2.25. The van der Waals surface area contributed by atoms with Gasteiger partial charge in [-0.25, -0.2) is 27.2 Å². The Hall–Kier alpha value is -2.67. The van der Waals surface area contributed by atoms with Gasteiger partial charge in [-0.05, 0) is 49.5 Å². The van der Waals surface area contributed by atoms with Crippen molar-refractivity contribution in [3.05, 3.63) is 52.7 Å². The van der Waals surface area contributed by atoms with Gasteiger partial charge in [-0.2, -0.15) is 17.5 Å². The lowest BCUT2D eigenvalue weighted by atomic mass is 9.88. The molecule has 7 nitrogen and oxygen atoms in total. The first-order chi connectivity index (χ1) is 16.9. The number of amides is 1. The molecule has 3 aliphatic rings. The Morgan fingerprint density at radius 2 is 1.94 bits per heavy atom. The zero-order valence-electron chi connectivity index (χ0n) is 19.1. The third kappa shape index (κ3) is 5.83. The van der Waals surface area contributed by atoms with E-state index >= 15 is 0 Å². The summed E-state index contributed by atoms with van der Waals surface area (Å²) in [6, 6.07) is 0.276. The van der Waals surface area contributed by atoms with E-state index in [1.807, 2.05) is 0 Å². The van der Waals surface area contributed by atoms with Crippen LogP contribution in [0.4, 0.5) is 22.0 Å². The first-order valence-electron chi connectivity index (χ1n) is 11.5. The quantitative estimate of drug-likeness (QED) is 0.557. The molecule has 2 heterocycles. The molecule has 1 aliphatic heterocycles. The van der Waals surface area contributed by atoms with Crippen LogP contribution in [-0.2, 0) is 21.4 Å². The molecule has 0 aromatic carbocycles. The minimum absolute atomic E-state index is 0.0410. The third-order valence-electron chi connectivity index (χ3n) is 6.58. The third-order valence-corrected chi connectivity index (χ3v) is 8.60. The Kier molecular flexibility index (Phi) is 7.60. The van der Waals surface area contributed by atoms with Crippen molar-refractivity contribution < 1.29 is 35.2 Å². The molecule has 1 amide bonds. The van der Waals surface area contributed by atoms with E-state index in [0.29, 0.717) is 17.0 Å². The number of halogens is 5. The molecule has 0 spiro atoms. The van der Waals surface area contributed by atoms with Gasteiger partial charge in [0.25, 0.3) is 0 Å². The molecule has 1 aromatic rings. The number of nitrogens with zero attached hydrogens (tertiary/aromatic N) is 3. The molecule has 1 aromatic heterocycles. The molecule has 4 rings (SSSR count). The van der Waals surface area contributed by atoms with Crippen molar-refractivity contribution in [3.63, 3.8) is 0 Å². The number of sulfonamides is 1. The zero-order chi connectivity index (χ0) is 26.1. The number of carbonyl (C=O) groups is 1. The van der Waals surface area contributed by atoms with E-state index in [0.717, 1.165) is 16.5 Å². The SMILES string of the molecule is O=C(NCc1cc(C2=CCC(C(F)(F)F)CC2)ncn1)[C@@H]1C[C@@H](F)CN1S(=O)(=O)C1=CC=C(F)CC1. The van der Waals surface area contributed by atoms with E-state index in [4.69, 9.17) is 0 Å². The van der Waals surface area contributed by atoms with Crippen LogP contribution in [0.1, 0.15) is 49.9 Å². The average molecular weight is 533 g/mol. The predicted octanol–water partition coefficient (Wildman–Crippen LogP) is 4.11. The van der Waals surface area contributed by atoms with E-state index in [1.165, 1.54) is 12.4 Å². The van der Waals surface area contributed by atoms with Crippen molar-refractivity contribution in [2.75, 3.05) is 6.54 Å². The van der Waals surface area contributed by atoms with Crippen LogP contribution < -0.4 is 5.32 Å². The van der Waals surface area contributed by atoms with Gasteiger partial charge in [0.15, 0.2) is 0 Å². The Morgan fingerprint density at radius 1 is 1.17 bits per heavy atom.